The molecule has 0 saturated carbocycles. The van der Waals surface area contributed by atoms with Crippen molar-refractivity contribution in [3.8, 4) is 28.7 Å². The molecule has 0 spiro atoms. The van der Waals surface area contributed by atoms with Crippen molar-refractivity contribution < 1.29 is 27.0 Å². The summed E-state index contributed by atoms with van der Waals surface area (Å²) in [5, 5.41) is 33.6. The van der Waals surface area contributed by atoms with Crippen LogP contribution in [0.2, 0.25) is 0 Å². The quantitative estimate of drug-likeness (QED) is 0.143. The van der Waals surface area contributed by atoms with Crippen LogP contribution in [0.25, 0.3) is 28.7 Å². The van der Waals surface area contributed by atoms with Crippen molar-refractivity contribution in [3.05, 3.63) is 149 Å². The maximum absolute atomic E-state index is 6.11. The van der Waals surface area contributed by atoms with Gasteiger partial charge in [0.25, 0.3) is 0 Å². The molecule has 0 aliphatic heterocycles. The van der Waals surface area contributed by atoms with Crippen LogP contribution in [-0.2, 0) is 0 Å². The summed E-state index contributed by atoms with van der Waals surface area (Å²) in [6, 6.07) is 18.4. The van der Waals surface area contributed by atoms with Crippen molar-refractivity contribution in [2.75, 3.05) is 0 Å². The molecule has 6 rings (SSSR count). The van der Waals surface area contributed by atoms with E-state index >= 15 is 0 Å². The highest BCUT2D eigenvalue weighted by atomic mass is 15.2. The fourth-order valence-electron chi connectivity index (χ4n) is 4.53. The Morgan fingerprint density at radius 3 is 0.805 bits per heavy atom. The molecule has 0 atom stereocenters. The van der Waals surface area contributed by atoms with Crippen LogP contribution in [0.15, 0.2) is 123 Å². The monoisotopic (exact) mass is 544 g/mol. The third-order valence-electron chi connectivity index (χ3n) is 6.62. The van der Waals surface area contributed by atoms with Crippen LogP contribution in [-0.4, -0.2) is 27.8 Å². The first kappa shape index (κ1) is 25.2. The fourth-order valence-corrected chi connectivity index (χ4v) is 4.53. The van der Waals surface area contributed by atoms with Gasteiger partial charge in [0.2, 0.25) is 0 Å². The Hall–Kier alpha value is -6.10. The first-order valence-electron chi connectivity index (χ1n) is 12.8. The molecule has 11 heteroatoms. The van der Waals surface area contributed by atoms with E-state index in [1.165, 1.54) is 0 Å². The zero-order chi connectivity index (χ0) is 28.5. The number of nitrogens with two attached hydrogens (primary N) is 5. The molecule has 0 radical (unpaired) electrons. The lowest BCUT2D eigenvalue weighted by Crippen LogP contribution is -2.44. The molecule has 6 aromatic rings. The summed E-state index contributed by atoms with van der Waals surface area (Å²) in [6.45, 7) is 0. The number of rotatable bonds is 5. The molecular formula is C30H30N11+5. The van der Waals surface area contributed by atoms with E-state index in [2.05, 4.69) is 0 Å². The minimum Gasteiger partial charge on any atom is -0.320 e. The minimum atomic E-state index is 0.637. The third-order valence-corrected chi connectivity index (χ3v) is 6.62. The van der Waals surface area contributed by atoms with E-state index in [0.717, 1.165) is 17.1 Å². The standard InChI is InChI=1S/C30H25N11/c31-21-1-11-37(12-2-21)26-27(38-13-3-22(32)4-14-38)29(40-17-7-24(34)8-18-40)36-30(41-19-9-25(35)10-20-41)28(26)39-15-5-23(33)6-16-39/h1-20,31-35H/p+5. The van der Waals surface area contributed by atoms with Crippen molar-refractivity contribution in [1.29, 1.82) is 0 Å². The molecule has 0 fully saturated rings. The first-order valence-corrected chi connectivity index (χ1v) is 12.8. The fraction of sp³-hybridized carbons (Fsp3) is 0. The van der Waals surface area contributed by atoms with Gasteiger partial charge in [-0.15, -0.1) is 0 Å². The van der Waals surface area contributed by atoms with E-state index < -0.39 is 0 Å². The van der Waals surface area contributed by atoms with E-state index in [9.17, 15) is 0 Å². The summed E-state index contributed by atoms with van der Waals surface area (Å²) in [5.74, 6) is 1.27. The van der Waals surface area contributed by atoms with Crippen LogP contribution in [0.1, 0.15) is 0 Å². The van der Waals surface area contributed by atoms with Crippen molar-refractivity contribution in [2.24, 2.45) is 0 Å². The molecule has 0 saturated heterocycles. The van der Waals surface area contributed by atoms with Crippen LogP contribution in [0.3, 0.4) is 0 Å². The maximum atomic E-state index is 6.11. The lowest BCUT2D eigenvalue weighted by Gasteiger charge is -2.25. The van der Waals surface area contributed by atoms with Crippen LogP contribution in [0.4, 0.5) is 0 Å². The van der Waals surface area contributed by atoms with Gasteiger partial charge in [0.1, 0.15) is 17.1 Å². The van der Waals surface area contributed by atoms with E-state index in [1.54, 1.807) is 0 Å². The Kier molecular flexibility index (Phi) is 6.28. The van der Waals surface area contributed by atoms with E-state index in [0.29, 0.717) is 38.4 Å². The summed E-state index contributed by atoms with van der Waals surface area (Å²) < 4.78 is 9.83. The number of nitrogens with zero attached hydrogens (tertiary/aromatic N) is 6. The van der Waals surface area contributed by atoms with Crippen molar-refractivity contribution >= 4 is 0 Å². The highest BCUT2D eigenvalue weighted by Crippen LogP contribution is 2.34. The third kappa shape index (κ3) is 4.90. The van der Waals surface area contributed by atoms with Crippen molar-refractivity contribution in [3.63, 3.8) is 0 Å². The molecule has 0 aliphatic carbocycles. The van der Waals surface area contributed by atoms with Crippen LogP contribution < -0.4 is 53.8 Å². The normalized spacial score (nSPS) is 10.9. The van der Waals surface area contributed by atoms with Gasteiger partial charge in [0.15, 0.2) is 38.4 Å². The molecule has 0 aromatic carbocycles. The Morgan fingerprint density at radius 2 is 0.537 bits per heavy atom. The van der Waals surface area contributed by atoms with Crippen LogP contribution in [0.5, 0.6) is 0 Å². The second-order valence-electron chi connectivity index (χ2n) is 9.50. The summed E-state index contributed by atoms with van der Waals surface area (Å²) in [7, 11) is 0. The van der Waals surface area contributed by atoms with Gasteiger partial charge in [0, 0.05) is 123 Å². The molecule has 6 heterocycles. The summed E-state index contributed by atoms with van der Waals surface area (Å²) in [6.07, 6.45) is 19.0. The Labute approximate surface area is 233 Å². The second-order valence-corrected chi connectivity index (χ2v) is 9.50. The molecule has 6 aromatic heterocycles. The van der Waals surface area contributed by atoms with E-state index in [1.807, 2.05) is 145 Å². The predicted molar refractivity (Wildman–Crippen MR) is 146 cm³/mol. The maximum Gasteiger partial charge on any atom is 0.199 e. The topological polar surface area (TPSA) is 165 Å². The average molecular weight is 545 g/mol. The number of hydrogen-bond donors (Lipinski definition) is 5. The molecule has 0 amide bonds. The SMILES string of the molecule is [NH2+]=c1ccn(-c2nc(-n3ccc(=[NH2+])cc3)c(-n3ccc(=[NH2+])cc3)c(-n3ccc(=[NH2+])cc3)c2-n2ccc(=[NH2+])cc2)cc1. The lowest BCUT2D eigenvalue weighted by molar-refractivity contribution is -0.173. The molecule has 200 valence electrons. The zero-order valence-electron chi connectivity index (χ0n) is 22.1. The highest BCUT2D eigenvalue weighted by molar-refractivity contribution is 5.75. The van der Waals surface area contributed by atoms with Gasteiger partial charge >= 0.3 is 0 Å². The summed E-state index contributed by atoms with van der Waals surface area (Å²) in [4.78, 5) is 5.28. The number of aromatic nitrogens is 6. The Morgan fingerprint density at radius 1 is 0.317 bits per heavy atom. The molecule has 0 bridgehead atoms. The molecule has 11 nitrogen and oxygen atoms in total. The van der Waals surface area contributed by atoms with Crippen molar-refractivity contribution in [1.82, 2.24) is 27.8 Å². The number of pyridine rings is 6. The molecule has 0 aliphatic rings. The van der Waals surface area contributed by atoms with Gasteiger partial charge in [0.05, 0.1) is 0 Å². The van der Waals surface area contributed by atoms with Gasteiger partial charge in [-0.25, -0.2) is 4.98 Å². The Balaban J connectivity index is 1.86. The highest BCUT2D eigenvalue weighted by Gasteiger charge is 2.25. The summed E-state index contributed by atoms with van der Waals surface area (Å²) >= 11 is 0. The van der Waals surface area contributed by atoms with Gasteiger partial charge < -0.3 is 22.8 Å². The number of hydrogen-bond acceptors (Lipinski definition) is 1. The Bertz CT molecular complexity index is 2000. The molecule has 41 heavy (non-hydrogen) atoms. The molecule has 0 unspecified atom stereocenters. The van der Waals surface area contributed by atoms with Crippen molar-refractivity contribution in [2.45, 2.75) is 0 Å². The van der Waals surface area contributed by atoms with Gasteiger partial charge in [-0.05, 0) is 0 Å². The van der Waals surface area contributed by atoms with Gasteiger partial charge in [-0.3, -0.25) is 27.0 Å². The summed E-state index contributed by atoms with van der Waals surface area (Å²) in [5.41, 5.74) is 2.35. The largest absolute Gasteiger partial charge is 0.320 e. The predicted octanol–water partition coefficient (Wildman–Crippen LogP) is -6.67. The molecule has 10 N–H and O–H groups in total. The van der Waals surface area contributed by atoms with Crippen LogP contribution >= 0.6 is 0 Å². The van der Waals surface area contributed by atoms with E-state index in [-0.39, 0.29) is 0 Å². The minimum absolute atomic E-state index is 0.637. The molecular weight excluding hydrogens is 514 g/mol. The second kappa shape index (κ2) is 10.2. The van der Waals surface area contributed by atoms with Crippen LogP contribution in [0, 0.1) is 0 Å². The van der Waals surface area contributed by atoms with Gasteiger partial charge in [-0.1, -0.05) is 0 Å². The first-order chi connectivity index (χ1) is 19.9. The lowest BCUT2D eigenvalue weighted by atomic mass is 10.2. The zero-order valence-corrected chi connectivity index (χ0v) is 22.1. The average Bonchev–Trinajstić information content (AvgIpc) is 2.98. The van der Waals surface area contributed by atoms with E-state index in [4.69, 9.17) is 32.0 Å². The van der Waals surface area contributed by atoms with Gasteiger partial charge in [-0.2, -0.15) is 0 Å². The smallest absolute Gasteiger partial charge is 0.199 e.